The van der Waals surface area contributed by atoms with Crippen molar-refractivity contribution in [3.8, 4) is 0 Å². The van der Waals surface area contributed by atoms with E-state index in [2.05, 4.69) is 4.98 Å². The van der Waals surface area contributed by atoms with Gasteiger partial charge in [-0.25, -0.2) is 4.98 Å². The Morgan fingerprint density at radius 2 is 1.76 bits per heavy atom. The van der Waals surface area contributed by atoms with Crippen LogP contribution in [-0.4, -0.2) is 10.1 Å². The molecule has 1 aromatic rings. The zero-order valence-corrected chi connectivity index (χ0v) is 10.0. The van der Waals surface area contributed by atoms with E-state index in [1.165, 1.54) is 38.5 Å². The molecule has 3 heteroatoms. The van der Waals surface area contributed by atoms with Crippen molar-refractivity contribution in [2.45, 2.75) is 44.6 Å². The summed E-state index contributed by atoms with van der Waals surface area (Å²) >= 11 is 0. The van der Waals surface area contributed by atoms with Crippen molar-refractivity contribution in [1.82, 2.24) is 4.98 Å². The molecule has 0 atom stereocenters. The number of aromatic nitrogens is 1. The van der Waals surface area contributed by atoms with Crippen LogP contribution in [0.1, 0.15) is 49.5 Å². The molecule has 0 aromatic carbocycles. The molecule has 4 fully saturated rings. The summed E-state index contributed by atoms with van der Waals surface area (Å²) < 4.78 is 5.61. The van der Waals surface area contributed by atoms with Gasteiger partial charge in [-0.15, -0.1) is 0 Å². The van der Waals surface area contributed by atoms with E-state index in [0.29, 0.717) is 5.92 Å². The van der Waals surface area contributed by atoms with Crippen molar-refractivity contribution < 1.29 is 9.52 Å². The first-order valence-corrected chi connectivity index (χ1v) is 6.88. The molecular formula is C14H19NO2. The number of oxazole rings is 1. The maximum atomic E-state index is 9.34. The third kappa shape index (κ3) is 1.41. The summed E-state index contributed by atoms with van der Waals surface area (Å²) in [5, 5.41) is 9.34. The van der Waals surface area contributed by atoms with Gasteiger partial charge in [0, 0.05) is 5.92 Å². The highest BCUT2D eigenvalue weighted by Crippen LogP contribution is 2.60. The van der Waals surface area contributed by atoms with Crippen LogP contribution < -0.4 is 0 Å². The summed E-state index contributed by atoms with van der Waals surface area (Å²) in [5.41, 5.74) is 0.780. The standard InChI is InChI=1S/C14H19NO2/c16-6-12-14(17-7-15-12)13-10-2-8-1-9(4-10)5-11(13)3-8/h7-11,13,16H,1-6H2. The molecule has 1 aromatic heterocycles. The number of aliphatic hydroxyl groups excluding tert-OH is 1. The second-order valence-corrected chi connectivity index (χ2v) is 6.28. The molecule has 0 aliphatic heterocycles. The minimum absolute atomic E-state index is 0.0225. The topological polar surface area (TPSA) is 46.3 Å². The lowest BCUT2D eigenvalue weighted by molar-refractivity contribution is -0.0104. The first kappa shape index (κ1) is 10.1. The predicted octanol–water partition coefficient (Wildman–Crippen LogP) is 2.71. The van der Waals surface area contributed by atoms with Gasteiger partial charge in [0.2, 0.25) is 0 Å². The molecule has 0 radical (unpaired) electrons. The average molecular weight is 233 g/mol. The van der Waals surface area contributed by atoms with Crippen molar-refractivity contribution in [3.05, 3.63) is 17.8 Å². The van der Waals surface area contributed by atoms with Crippen molar-refractivity contribution in [2.24, 2.45) is 23.7 Å². The lowest BCUT2D eigenvalue weighted by Crippen LogP contribution is -2.43. The Morgan fingerprint density at radius 1 is 1.12 bits per heavy atom. The van der Waals surface area contributed by atoms with E-state index >= 15 is 0 Å². The predicted molar refractivity (Wildman–Crippen MR) is 62.2 cm³/mol. The minimum atomic E-state index is 0.0225. The smallest absolute Gasteiger partial charge is 0.181 e. The Hall–Kier alpha value is -0.830. The molecule has 5 rings (SSSR count). The molecule has 4 aliphatic carbocycles. The van der Waals surface area contributed by atoms with E-state index in [9.17, 15) is 5.11 Å². The Bertz CT molecular complexity index is 398. The van der Waals surface area contributed by atoms with Crippen LogP contribution in [0.15, 0.2) is 10.8 Å². The summed E-state index contributed by atoms with van der Waals surface area (Å²) in [6, 6.07) is 0. The first-order valence-electron chi connectivity index (χ1n) is 6.88. The van der Waals surface area contributed by atoms with Gasteiger partial charge in [-0.3, -0.25) is 0 Å². The lowest BCUT2D eigenvalue weighted by Gasteiger charge is -2.53. The molecule has 92 valence electrons. The molecule has 4 aliphatic rings. The molecule has 3 nitrogen and oxygen atoms in total. The van der Waals surface area contributed by atoms with E-state index in [4.69, 9.17) is 4.42 Å². The highest BCUT2D eigenvalue weighted by Gasteiger charge is 2.50. The van der Waals surface area contributed by atoms with Gasteiger partial charge in [0.1, 0.15) is 11.5 Å². The molecule has 0 spiro atoms. The van der Waals surface area contributed by atoms with Gasteiger partial charge in [0.15, 0.2) is 6.39 Å². The van der Waals surface area contributed by atoms with Crippen LogP contribution in [0.2, 0.25) is 0 Å². The van der Waals surface area contributed by atoms with E-state index in [1.807, 2.05) is 0 Å². The van der Waals surface area contributed by atoms with Crippen LogP contribution in [0.4, 0.5) is 0 Å². The third-order valence-electron chi connectivity index (χ3n) is 5.35. The Labute approximate surface area is 101 Å². The number of aliphatic hydroxyl groups is 1. The zero-order valence-electron chi connectivity index (χ0n) is 10.0. The van der Waals surface area contributed by atoms with Gasteiger partial charge in [-0.1, -0.05) is 0 Å². The maximum absolute atomic E-state index is 9.34. The summed E-state index contributed by atoms with van der Waals surface area (Å²) in [7, 11) is 0. The maximum Gasteiger partial charge on any atom is 0.181 e. The van der Waals surface area contributed by atoms with Gasteiger partial charge in [-0.05, 0) is 55.8 Å². The van der Waals surface area contributed by atoms with E-state index in [0.717, 1.165) is 35.1 Å². The van der Waals surface area contributed by atoms with Gasteiger partial charge < -0.3 is 9.52 Å². The molecule has 4 saturated carbocycles. The number of rotatable bonds is 2. The van der Waals surface area contributed by atoms with Crippen LogP contribution in [0.25, 0.3) is 0 Å². The summed E-state index contributed by atoms with van der Waals surface area (Å²) in [6.45, 7) is 0.0225. The number of hydrogen-bond acceptors (Lipinski definition) is 3. The van der Waals surface area contributed by atoms with Crippen LogP contribution in [0.5, 0.6) is 0 Å². The second-order valence-electron chi connectivity index (χ2n) is 6.28. The van der Waals surface area contributed by atoms with Crippen molar-refractivity contribution >= 4 is 0 Å². The summed E-state index contributed by atoms with van der Waals surface area (Å²) in [5.74, 6) is 5.10. The van der Waals surface area contributed by atoms with Crippen LogP contribution in [0, 0.1) is 23.7 Å². The zero-order chi connectivity index (χ0) is 11.4. The normalized spacial score (nSPS) is 43.2. The first-order chi connectivity index (χ1) is 8.35. The van der Waals surface area contributed by atoms with Gasteiger partial charge in [0.25, 0.3) is 0 Å². The third-order valence-corrected chi connectivity index (χ3v) is 5.35. The largest absolute Gasteiger partial charge is 0.448 e. The Balaban J connectivity index is 1.70. The number of nitrogens with zero attached hydrogens (tertiary/aromatic N) is 1. The summed E-state index contributed by atoms with van der Waals surface area (Å²) in [4.78, 5) is 4.15. The highest BCUT2D eigenvalue weighted by atomic mass is 16.3. The van der Waals surface area contributed by atoms with Crippen molar-refractivity contribution in [2.75, 3.05) is 0 Å². The quantitative estimate of drug-likeness (QED) is 0.854. The van der Waals surface area contributed by atoms with Gasteiger partial charge >= 0.3 is 0 Å². The molecule has 4 bridgehead atoms. The van der Waals surface area contributed by atoms with Crippen molar-refractivity contribution in [3.63, 3.8) is 0 Å². The summed E-state index contributed by atoms with van der Waals surface area (Å²) in [6.07, 6.45) is 8.49. The molecule has 1 N–H and O–H groups in total. The fraction of sp³-hybridized carbons (Fsp3) is 0.786. The molecule has 0 unspecified atom stereocenters. The fourth-order valence-electron chi connectivity index (χ4n) is 5.02. The average Bonchev–Trinajstić information content (AvgIpc) is 2.75. The Morgan fingerprint density at radius 3 is 2.35 bits per heavy atom. The van der Waals surface area contributed by atoms with E-state index < -0.39 is 0 Å². The monoisotopic (exact) mass is 233 g/mol. The fourth-order valence-corrected chi connectivity index (χ4v) is 5.02. The second kappa shape index (κ2) is 3.58. The Kier molecular flexibility index (Phi) is 2.13. The molecule has 0 saturated heterocycles. The van der Waals surface area contributed by atoms with Crippen LogP contribution in [0.3, 0.4) is 0 Å². The number of hydrogen-bond donors (Lipinski definition) is 1. The van der Waals surface area contributed by atoms with Crippen LogP contribution in [-0.2, 0) is 6.61 Å². The van der Waals surface area contributed by atoms with Crippen molar-refractivity contribution in [1.29, 1.82) is 0 Å². The highest BCUT2D eigenvalue weighted by molar-refractivity contribution is 5.18. The minimum Gasteiger partial charge on any atom is -0.448 e. The molecular weight excluding hydrogens is 214 g/mol. The molecule has 0 amide bonds. The van der Waals surface area contributed by atoms with E-state index in [1.54, 1.807) is 0 Å². The van der Waals surface area contributed by atoms with Gasteiger partial charge in [-0.2, -0.15) is 0 Å². The van der Waals surface area contributed by atoms with Crippen LogP contribution >= 0.6 is 0 Å². The van der Waals surface area contributed by atoms with E-state index in [-0.39, 0.29) is 6.61 Å². The molecule has 17 heavy (non-hydrogen) atoms. The molecule has 1 heterocycles. The van der Waals surface area contributed by atoms with Gasteiger partial charge in [0.05, 0.1) is 6.61 Å². The SMILES string of the molecule is OCc1ncoc1C1C2CC3CC(C2)CC1C3. The lowest BCUT2D eigenvalue weighted by atomic mass is 9.51.